The van der Waals surface area contributed by atoms with Crippen LogP contribution in [-0.4, -0.2) is 38.8 Å². The van der Waals surface area contributed by atoms with Crippen molar-refractivity contribution < 1.29 is 28.5 Å². The molecule has 1 amide bonds. The van der Waals surface area contributed by atoms with Crippen LogP contribution in [0.5, 0.6) is 17.2 Å². The van der Waals surface area contributed by atoms with E-state index in [0.29, 0.717) is 47.3 Å². The molecular formula is C21H18N2O6. The van der Waals surface area contributed by atoms with E-state index in [1.54, 1.807) is 36.4 Å². The lowest BCUT2D eigenvalue weighted by Crippen LogP contribution is -2.20. The minimum Gasteiger partial charge on any atom is -0.493 e. The lowest BCUT2D eigenvalue weighted by Gasteiger charge is -2.20. The molecule has 8 nitrogen and oxygen atoms in total. The third-order valence-electron chi connectivity index (χ3n) is 3.91. The lowest BCUT2D eigenvalue weighted by atomic mass is 10.1. The molecule has 1 aliphatic heterocycles. The molecule has 3 rings (SSSR count). The molecule has 0 saturated carbocycles. The molecule has 8 heteroatoms. The van der Waals surface area contributed by atoms with E-state index in [4.69, 9.17) is 24.2 Å². The van der Waals surface area contributed by atoms with Crippen LogP contribution in [0, 0.1) is 11.3 Å². The van der Waals surface area contributed by atoms with Crippen molar-refractivity contribution in [2.24, 2.45) is 0 Å². The van der Waals surface area contributed by atoms with Gasteiger partial charge in [-0.25, -0.2) is 4.79 Å². The number of amides is 1. The topological polar surface area (TPSA) is 107 Å². The van der Waals surface area contributed by atoms with Crippen LogP contribution >= 0.6 is 0 Å². The number of hydrogen-bond donors (Lipinski definition) is 1. The minimum atomic E-state index is -0.672. The van der Waals surface area contributed by atoms with Crippen molar-refractivity contribution in [3.63, 3.8) is 0 Å². The molecule has 1 heterocycles. The Morgan fingerprint density at radius 1 is 1.21 bits per heavy atom. The van der Waals surface area contributed by atoms with Gasteiger partial charge in [-0.2, -0.15) is 5.26 Å². The molecule has 1 aliphatic rings. The predicted molar refractivity (Wildman–Crippen MR) is 104 cm³/mol. The van der Waals surface area contributed by atoms with Crippen molar-refractivity contribution in [3.05, 3.63) is 53.6 Å². The number of carbonyl (C=O) groups excluding carboxylic acids is 2. The maximum atomic E-state index is 11.9. The number of nitrogens with zero attached hydrogens (tertiary/aromatic N) is 1. The Morgan fingerprint density at radius 2 is 1.97 bits per heavy atom. The molecule has 29 heavy (non-hydrogen) atoms. The monoisotopic (exact) mass is 394 g/mol. The van der Waals surface area contributed by atoms with E-state index in [0.717, 1.165) is 0 Å². The number of methoxy groups -OCH3 is 1. The lowest BCUT2D eigenvalue weighted by molar-refractivity contribution is -0.142. The Hall–Kier alpha value is -3.99. The number of fused-ring (bicyclic) bond motifs is 1. The van der Waals surface area contributed by atoms with Crippen LogP contribution in [0.15, 0.2) is 42.5 Å². The summed E-state index contributed by atoms with van der Waals surface area (Å²) in [5.41, 5.74) is 1.64. The van der Waals surface area contributed by atoms with Gasteiger partial charge < -0.3 is 24.3 Å². The molecular weight excluding hydrogens is 376 g/mol. The van der Waals surface area contributed by atoms with Gasteiger partial charge in [0.15, 0.2) is 18.1 Å². The fourth-order valence-corrected chi connectivity index (χ4v) is 2.56. The second-order valence-corrected chi connectivity index (χ2v) is 5.93. The fraction of sp³-hybridized carbons (Fsp3) is 0.190. The SMILES string of the molecule is COc1cc(/C=C/C(=O)OCC(=O)Nc2ccc(C#N)cc2)cc2c1OCCO2. The largest absolute Gasteiger partial charge is 0.493 e. The number of hydrogen-bond acceptors (Lipinski definition) is 7. The Morgan fingerprint density at radius 3 is 2.69 bits per heavy atom. The third kappa shape index (κ3) is 5.26. The van der Waals surface area contributed by atoms with Crippen LogP contribution in [0.1, 0.15) is 11.1 Å². The highest BCUT2D eigenvalue weighted by molar-refractivity contribution is 5.94. The van der Waals surface area contributed by atoms with Crippen molar-refractivity contribution in [1.29, 1.82) is 5.26 Å². The average Bonchev–Trinajstić information content (AvgIpc) is 2.76. The maximum Gasteiger partial charge on any atom is 0.331 e. The standard InChI is InChI=1S/C21H18N2O6/c1-26-17-10-15(11-18-21(17)28-9-8-27-18)4-7-20(25)29-13-19(24)23-16-5-2-14(12-22)3-6-16/h2-7,10-11H,8-9,13H2,1H3,(H,23,24)/b7-4+. The fourth-order valence-electron chi connectivity index (χ4n) is 2.56. The molecule has 0 atom stereocenters. The number of nitriles is 1. The van der Waals surface area contributed by atoms with Gasteiger partial charge in [0, 0.05) is 11.8 Å². The molecule has 2 aromatic carbocycles. The second-order valence-electron chi connectivity index (χ2n) is 5.93. The summed E-state index contributed by atoms with van der Waals surface area (Å²) in [5.74, 6) is 0.395. The molecule has 0 unspecified atom stereocenters. The number of nitrogens with one attached hydrogen (secondary N) is 1. The van der Waals surface area contributed by atoms with E-state index >= 15 is 0 Å². The average molecular weight is 394 g/mol. The Kier molecular flexibility index (Phi) is 6.32. The summed E-state index contributed by atoms with van der Waals surface area (Å²) in [7, 11) is 1.52. The van der Waals surface area contributed by atoms with E-state index < -0.39 is 18.5 Å². The molecule has 0 aliphatic carbocycles. The van der Waals surface area contributed by atoms with E-state index in [2.05, 4.69) is 5.32 Å². The summed E-state index contributed by atoms with van der Waals surface area (Å²) in [4.78, 5) is 23.8. The number of anilines is 1. The molecule has 0 spiro atoms. The Bertz CT molecular complexity index is 959. The van der Waals surface area contributed by atoms with Gasteiger partial charge in [-0.3, -0.25) is 4.79 Å². The van der Waals surface area contributed by atoms with Crippen molar-refractivity contribution in [2.75, 3.05) is 32.2 Å². The van der Waals surface area contributed by atoms with Crippen LogP contribution in [0.3, 0.4) is 0 Å². The molecule has 0 saturated heterocycles. The van der Waals surface area contributed by atoms with Gasteiger partial charge in [-0.05, 0) is 48.0 Å². The zero-order valence-electron chi connectivity index (χ0n) is 15.6. The van der Waals surface area contributed by atoms with E-state index in [9.17, 15) is 9.59 Å². The smallest absolute Gasteiger partial charge is 0.331 e. The number of ether oxygens (including phenoxy) is 4. The summed E-state index contributed by atoms with van der Waals surface area (Å²) in [5, 5.41) is 11.3. The van der Waals surface area contributed by atoms with Gasteiger partial charge in [0.2, 0.25) is 5.75 Å². The maximum absolute atomic E-state index is 11.9. The quantitative estimate of drug-likeness (QED) is 0.593. The first-order valence-corrected chi connectivity index (χ1v) is 8.71. The third-order valence-corrected chi connectivity index (χ3v) is 3.91. The van der Waals surface area contributed by atoms with Gasteiger partial charge in [-0.1, -0.05) is 0 Å². The van der Waals surface area contributed by atoms with Crippen LogP contribution in [0.2, 0.25) is 0 Å². The van der Waals surface area contributed by atoms with Gasteiger partial charge in [0.1, 0.15) is 13.2 Å². The summed E-state index contributed by atoms with van der Waals surface area (Å²) in [6, 6.07) is 11.7. The van der Waals surface area contributed by atoms with Gasteiger partial charge >= 0.3 is 5.97 Å². The van der Waals surface area contributed by atoms with E-state index in [1.807, 2.05) is 6.07 Å². The molecule has 0 bridgehead atoms. The zero-order valence-corrected chi connectivity index (χ0v) is 15.6. The Labute approximate surface area is 167 Å². The summed E-state index contributed by atoms with van der Waals surface area (Å²) >= 11 is 0. The second kappa shape index (κ2) is 9.28. The minimum absolute atomic E-state index is 0.430. The summed E-state index contributed by atoms with van der Waals surface area (Å²) in [6.07, 6.45) is 2.74. The molecule has 1 N–H and O–H groups in total. The van der Waals surface area contributed by atoms with Crippen LogP contribution in [0.4, 0.5) is 5.69 Å². The zero-order chi connectivity index (χ0) is 20.6. The van der Waals surface area contributed by atoms with Crippen LogP contribution in [-0.2, 0) is 14.3 Å². The highest BCUT2D eigenvalue weighted by Gasteiger charge is 2.17. The first kappa shape index (κ1) is 19.8. The highest BCUT2D eigenvalue weighted by atomic mass is 16.6. The first-order chi connectivity index (χ1) is 14.1. The first-order valence-electron chi connectivity index (χ1n) is 8.71. The number of esters is 1. The number of rotatable bonds is 6. The van der Waals surface area contributed by atoms with E-state index in [-0.39, 0.29) is 0 Å². The van der Waals surface area contributed by atoms with Crippen molar-refractivity contribution in [1.82, 2.24) is 0 Å². The van der Waals surface area contributed by atoms with Crippen molar-refractivity contribution in [3.8, 4) is 23.3 Å². The van der Waals surface area contributed by atoms with Gasteiger partial charge in [-0.15, -0.1) is 0 Å². The predicted octanol–water partition coefficient (Wildman–Crippen LogP) is 2.53. The molecule has 0 fully saturated rings. The van der Waals surface area contributed by atoms with Crippen LogP contribution in [0.25, 0.3) is 6.08 Å². The highest BCUT2D eigenvalue weighted by Crippen LogP contribution is 2.40. The molecule has 2 aromatic rings. The van der Waals surface area contributed by atoms with Crippen molar-refractivity contribution >= 4 is 23.6 Å². The molecule has 0 radical (unpaired) electrons. The number of benzene rings is 2. The molecule has 148 valence electrons. The van der Waals surface area contributed by atoms with E-state index in [1.165, 1.54) is 19.3 Å². The Balaban J connectivity index is 1.54. The van der Waals surface area contributed by atoms with Gasteiger partial charge in [0.05, 0.1) is 18.7 Å². The van der Waals surface area contributed by atoms with Crippen molar-refractivity contribution in [2.45, 2.75) is 0 Å². The summed E-state index contributed by atoms with van der Waals surface area (Å²) < 4.78 is 21.3. The normalized spacial score (nSPS) is 12.1. The van der Waals surface area contributed by atoms with Gasteiger partial charge in [0.25, 0.3) is 5.91 Å². The summed E-state index contributed by atoms with van der Waals surface area (Å²) in [6.45, 7) is 0.433. The molecule has 0 aromatic heterocycles. The number of carbonyl (C=O) groups is 2. The van der Waals surface area contributed by atoms with Crippen LogP contribution < -0.4 is 19.5 Å².